The van der Waals surface area contributed by atoms with Gasteiger partial charge in [0.25, 0.3) is 0 Å². The molecule has 0 radical (unpaired) electrons. The van der Waals surface area contributed by atoms with Gasteiger partial charge in [0.2, 0.25) is 0 Å². The third-order valence-corrected chi connectivity index (χ3v) is 10.3. The Morgan fingerprint density at radius 3 is 1.89 bits per heavy atom. The van der Waals surface area contributed by atoms with Gasteiger partial charge in [0.15, 0.2) is 0 Å². The normalized spacial score (nSPS) is 12.4. The van der Waals surface area contributed by atoms with E-state index in [4.69, 9.17) is 32.7 Å². The first-order valence-electron chi connectivity index (χ1n) is 18.3. The topological polar surface area (TPSA) is 63.8 Å². The number of hydrogen-bond donors (Lipinski definition) is 2. The molecule has 0 bridgehead atoms. The molecule has 6 rings (SSSR count). The summed E-state index contributed by atoms with van der Waals surface area (Å²) < 4.78 is 15.0. The van der Waals surface area contributed by atoms with Crippen LogP contribution in [0.3, 0.4) is 0 Å². The van der Waals surface area contributed by atoms with Gasteiger partial charge in [-0.05, 0) is 96.3 Å². The van der Waals surface area contributed by atoms with E-state index in [9.17, 15) is 10.2 Å². The van der Waals surface area contributed by atoms with Crippen molar-refractivity contribution in [3.8, 4) is 34.1 Å². The molecular weight excluding hydrogens is 713 g/mol. The molecule has 0 atom stereocenters. The Kier molecular flexibility index (Phi) is 11.1. The molecule has 0 unspecified atom stereocenters. The van der Waals surface area contributed by atoms with Gasteiger partial charge in [-0.1, -0.05) is 107 Å². The third kappa shape index (κ3) is 7.85. The number of fused-ring (bicyclic) bond motifs is 3. The Bertz CT molecular complexity index is 2340. The highest BCUT2D eigenvalue weighted by atomic mass is 35.5. The number of phenolic OH excluding ortho intramolecular Hbond substituents is 1. The molecular formula is C47H49Cl2NO4. The summed E-state index contributed by atoms with van der Waals surface area (Å²) in [5, 5.41) is 25.6. The number of aryl methyl sites for hydroxylation is 2. The quantitative estimate of drug-likeness (QED) is 0.0740. The summed E-state index contributed by atoms with van der Waals surface area (Å²) in [7, 11) is 0. The van der Waals surface area contributed by atoms with Crippen LogP contribution >= 0.6 is 23.2 Å². The van der Waals surface area contributed by atoms with Gasteiger partial charge in [-0.2, -0.15) is 0 Å². The first-order chi connectivity index (χ1) is 25.6. The summed E-state index contributed by atoms with van der Waals surface area (Å²) in [5.74, 6) is 1.42. The molecule has 2 N–H and O–H groups in total. The van der Waals surface area contributed by atoms with Crippen LogP contribution < -0.4 is 9.47 Å². The fraction of sp³-hybridized carbons (Fsp3) is 0.277. The first kappa shape index (κ1) is 38.9. The minimum atomic E-state index is -0.241. The summed E-state index contributed by atoms with van der Waals surface area (Å²) in [6, 6.07) is 28.3. The summed E-state index contributed by atoms with van der Waals surface area (Å²) >= 11 is 13.1. The highest BCUT2D eigenvalue weighted by Gasteiger charge is 2.31. The van der Waals surface area contributed by atoms with E-state index in [0.717, 1.165) is 51.2 Å². The van der Waals surface area contributed by atoms with Crippen LogP contribution in [-0.4, -0.2) is 28.0 Å². The highest BCUT2D eigenvalue weighted by molar-refractivity contribution is 6.31. The maximum absolute atomic E-state index is 12.5. The molecule has 0 amide bonds. The van der Waals surface area contributed by atoms with Crippen molar-refractivity contribution in [3.05, 3.63) is 136 Å². The number of aliphatic hydroxyl groups excluding tert-OH is 1. The molecule has 0 spiro atoms. The lowest BCUT2D eigenvalue weighted by Crippen LogP contribution is -2.25. The number of aromatic hydroxyl groups is 1. The molecule has 7 heteroatoms. The van der Waals surface area contributed by atoms with E-state index >= 15 is 0 Å². The van der Waals surface area contributed by atoms with Gasteiger partial charge in [0.05, 0.1) is 36.2 Å². The predicted octanol–water partition coefficient (Wildman–Crippen LogP) is 13.7. The Morgan fingerprint density at radius 1 is 0.759 bits per heavy atom. The molecule has 0 saturated heterocycles. The number of phenols is 1. The molecule has 0 fully saturated rings. The van der Waals surface area contributed by atoms with Crippen molar-refractivity contribution >= 4 is 50.6 Å². The standard InChI is InChI=1S/C47H49Cl2NO4/c1-9-31(27-51)37-25-33(48)21-29(2)44(37)53-19-14-20-54-45-30(3)22-34(49)26-39(45)38-23-32(47(7,8)28-46(4,5)6)24-42(43(38)52)50-40-17-12-10-15-35(40)36-16-11-13-18-41(36)50/h9-13,15-18,21-27,51-52H,1,14,19-20,28H2,2-8H3/b31-27-. The predicted molar refractivity (Wildman–Crippen MR) is 227 cm³/mol. The molecule has 0 aliphatic heterocycles. The van der Waals surface area contributed by atoms with E-state index in [-0.39, 0.29) is 16.6 Å². The SMILES string of the molecule is C=C/C(=C/O)c1cc(Cl)cc(C)c1OCCCOc1c(C)cc(Cl)cc1-c1cc(C(C)(C)CC(C)(C)C)cc(-n2c3ccccc3c3ccccc32)c1O. The van der Waals surface area contributed by atoms with Gasteiger partial charge in [0, 0.05) is 49.5 Å². The zero-order valence-electron chi connectivity index (χ0n) is 32.2. The van der Waals surface area contributed by atoms with E-state index in [2.05, 4.69) is 94.3 Å². The first-order valence-corrected chi connectivity index (χ1v) is 19.1. The number of benzene rings is 5. The van der Waals surface area contributed by atoms with Crippen molar-refractivity contribution in [2.75, 3.05) is 13.2 Å². The summed E-state index contributed by atoms with van der Waals surface area (Å²) in [6.45, 7) is 19.7. The van der Waals surface area contributed by atoms with Crippen LogP contribution in [0, 0.1) is 19.3 Å². The Labute approximate surface area is 329 Å². The number of rotatable bonds is 12. The van der Waals surface area contributed by atoms with Crippen molar-refractivity contribution in [2.45, 2.75) is 66.7 Å². The van der Waals surface area contributed by atoms with Gasteiger partial charge >= 0.3 is 0 Å². The maximum Gasteiger partial charge on any atom is 0.147 e. The number of halogens is 2. The van der Waals surface area contributed by atoms with E-state index in [1.807, 2.05) is 44.2 Å². The number of hydrogen-bond acceptors (Lipinski definition) is 4. The van der Waals surface area contributed by atoms with Gasteiger partial charge in [0.1, 0.15) is 17.2 Å². The third-order valence-electron chi connectivity index (χ3n) is 9.88. The van der Waals surface area contributed by atoms with Gasteiger partial charge in [-0.15, -0.1) is 0 Å². The van der Waals surface area contributed by atoms with Crippen molar-refractivity contribution in [1.82, 2.24) is 4.57 Å². The Morgan fingerprint density at radius 2 is 1.31 bits per heavy atom. The lowest BCUT2D eigenvalue weighted by atomic mass is 9.71. The Hall–Kier alpha value is -4.84. The lowest BCUT2D eigenvalue weighted by Gasteiger charge is -2.34. The average Bonchev–Trinajstić information content (AvgIpc) is 3.43. The molecule has 0 aliphatic rings. The van der Waals surface area contributed by atoms with E-state index in [0.29, 0.717) is 69.1 Å². The number of ether oxygens (including phenoxy) is 2. The lowest BCUT2D eigenvalue weighted by molar-refractivity contribution is 0.246. The zero-order valence-corrected chi connectivity index (χ0v) is 33.7. The van der Waals surface area contributed by atoms with Crippen molar-refractivity contribution in [1.29, 1.82) is 0 Å². The second-order valence-corrected chi connectivity index (χ2v) is 16.8. The van der Waals surface area contributed by atoms with Gasteiger partial charge < -0.3 is 24.3 Å². The van der Waals surface area contributed by atoms with Crippen LogP contribution in [0.5, 0.6) is 17.2 Å². The molecule has 5 nitrogen and oxygen atoms in total. The number of aliphatic hydroxyl groups is 1. The number of aromatic nitrogens is 1. The minimum Gasteiger partial charge on any atom is -0.515 e. The number of allylic oxidation sites excluding steroid dienone is 2. The largest absolute Gasteiger partial charge is 0.515 e. The number of para-hydroxylation sites is 2. The monoisotopic (exact) mass is 761 g/mol. The molecule has 0 saturated carbocycles. The average molecular weight is 763 g/mol. The van der Waals surface area contributed by atoms with Gasteiger partial charge in [-0.25, -0.2) is 0 Å². The van der Waals surface area contributed by atoms with E-state index < -0.39 is 0 Å². The molecule has 6 aromatic rings. The molecule has 1 aromatic heterocycles. The van der Waals surface area contributed by atoms with Gasteiger partial charge in [-0.3, -0.25) is 0 Å². The zero-order chi connectivity index (χ0) is 38.9. The Balaban J connectivity index is 1.42. The van der Waals surface area contributed by atoms with Crippen molar-refractivity contribution < 1.29 is 19.7 Å². The molecule has 0 aliphatic carbocycles. The van der Waals surface area contributed by atoms with Crippen molar-refractivity contribution in [2.24, 2.45) is 5.41 Å². The fourth-order valence-electron chi connectivity index (χ4n) is 7.89. The second-order valence-electron chi connectivity index (χ2n) is 15.9. The van der Waals surface area contributed by atoms with Crippen LogP contribution in [0.4, 0.5) is 0 Å². The summed E-state index contributed by atoms with van der Waals surface area (Å²) in [4.78, 5) is 0. The van der Waals surface area contributed by atoms with E-state index in [1.54, 1.807) is 12.1 Å². The minimum absolute atomic E-state index is 0.0600. The van der Waals surface area contributed by atoms with Crippen LogP contribution in [0.25, 0.3) is 44.2 Å². The fourth-order valence-corrected chi connectivity index (χ4v) is 8.44. The maximum atomic E-state index is 12.5. The molecule has 54 heavy (non-hydrogen) atoms. The second kappa shape index (κ2) is 15.5. The molecule has 280 valence electrons. The van der Waals surface area contributed by atoms with E-state index in [1.165, 1.54) is 0 Å². The summed E-state index contributed by atoms with van der Waals surface area (Å²) in [6.07, 6.45) is 4.05. The molecule has 5 aromatic carbocycles. The number of nitrogens with zero attached hydrogens (tertiary/aromatic N) is 1. The van der Waals surface area contributed by atoms with Crippen LogP contribution in [0.15, 0.2) is 104 Å². The van der Waals surface area contributed by atoms with Crippen molar-refractivity contribution in [3.63, 3.8) is 0 Å². The summed E-state index contributed by atoms with van der Waals surface area (Å²) in [5.41, 5.74) is 7.89. The smallest absolute Gasteiger partial charge is 0.147 e. The van der Waals surface area contributed by atoms with Crippen LogP contribution in [0.2, 0.25) is 10.0 Å². The van der Waals surface area contributed by atoms with Crippen LogP contribution in [-0.2, 0) is 5.41 Å². The van der Waals surface area contributed by atoms with Crippen LogP contribution in [0.1, 0.15) is 69.7 Å². The highest BCUT2D eigenvalue weighted by Crippen LogP contribution is 2.48. The molecule has 1 heterocycles.